The topological polar surface area (TPSA) is 73.2 Å². The zero-order chi connectivity index (χ0) is 16.1. The van der Waals surface area contributed by atoms with E-state index in [0.29, 0.717) is 12.2 Å². The summed E-state index contributed by atoms with van der Waals surface area (Å²) in [5.41, 5.74) is 1.24. The summed E-state index contributed by atoms with van der Waals surface area (Å²) in [6.45, 7) is 1.45. The minimum absolute atomic E-state index is 0.0508. The highest BCUT2D eigenvalue weighted by Gasteiger charge is 2.16. The Morgan fingerprint density at radius 1 is 1.26 bits per heavy atom. The van der Waals surface area contributed by atoms with E-state index in [9.17, 15) is 8.42 Å². The molecule has 1 aliphatic heterocycles. The summed E-state index contributed by atoms with van der Waals surface area (Å²) in [4.78, 5) is 0. The van der Waals surface area contributed by atoms with Gasteiger partial charge in [0.25, 0.3) is 0 Å². The third kappa shape index (κ3) is 4.80. The highest BCUT2D eigenvalue weighted by Crippen LogP contribution is 2.16. The number of aromatic nitrogens is 2. The van der Waals surface area contributed by atoms with Crippen molar-refractivity contribution < 1.29 is 13.2 Å². The van der Waals surface area contributed by atoms with Crippen molar-refractivity contribution in [3.05, 3.63) is 48.3 Å². The predicted octanol–water partition coefficient (Wildman–Crippen LogP) is 2.39. The van der Waals surface area contributed by atoms with Gasteiger partial charge in [-0.15, -0.1) is 0 Å². The predicted molar refractivity (Wildman–Crippen MR) is 88.5 cm³/mol. The molecule has 2 aromatic rings. The van der Waals surface area contributed by atoms with Crippen LogP contribution in [0, 0.1) is 0 Å². The monoisotopic (exact) mass is 335 g/mol. The van der Waals surface area contributed by atoms with Gasteiger partial charge in [0.2, 0.25) is 10.0 Å². The Bertz CT molecular complexity index is 722. The van der Waals surface area contributed by atoms with Gasteiger partial charge in [0.1, 0.15) is 0 Å². The first-order valence-corrected chi connectivity index (χ1v) is 9.44. The van der Waals surface area contributed by atoms with Gasteiger partial charge in [0.05, 0.1) is 30.3 Å². The Morgan fingerprint density at radius 3 is 2.83 bits per heavy atom. The molecular formula is C16H21N3O3S. The maximum atomic E-state index is 12.2. The summed E-state index contributed by atoms with van der Waals surface area (Å²) >= 11 is 0. The van der Waals surface area contributed by atoms with Gasteiger partial charge < -0.3 is 4.74 Å². The molecule has 1 N–H and O–H groups in total. The molecule has 2 heterocycles. The third-order valence-corrected chi connectivity index (χ3v) is 5.03. The molecule has 1 aliphatic rings. The Labute approximate surface area is 136 Å². The molecule has 1 aromatic heterocycles. The molecule has 1 atom stereocenters. The van der Waals surface area contributed by atoms with E-state index >= 15 is 0 Å². The Hall–Kier alpha value is -1.86. The fourth-order valence-electron chi connectivity index (χ4n) is 2.69. The number of sulfonamides is 1. The molecule has 23 heavy (non-hydrogen) atoms. The van der Waals surface area contributed by atoms with Crippen molar-refractivity contribution in [3.8, 4) is 0 Å². The fourth-order valence-corrected chi connectivity index (χ4v) is 3.85. The number of nitrogens with one attached hydrogen (secondary N) is 1. The minimum Gasteiger partial charge on any atom is -0.376 e. The van der Waals surface area contributed by atoms with E-state index < -0.39 is 10.0 Å². The zero-order valence-corrected chi connectivity index (χ0v) is 13.7. The number of anilines is 1. The Balaban J connectivity index is 1.59. The summed E-state index contributed by atoms with van der Waals surface area (Å²) in [5.74, 6) is -0.0508. The zero-order valence-electron chi connectivity index (χ0n) is 12.9. The molecule has 3 rings (SSSR count). The van der Waals surface area contributed by atoms with Crippen molar-refractivity contribution in [1.82, 2.24) is 9.78 Å². The summed E-state index contributed by atoms with van der Waals surface area (Å²) in [5, 5.41) is 4.21. The first-order valence-electron chi connectivity index (χ1n) is 7.79. The summed E-state index contributed by atoms with van der Waals surface area (Å²) in [6, 6.07) is 9.10. The van der Waals surface area contributed by atoms with E-state index in [-0.39, 0.29) is 11.9 Å². The second kappa shape index (κ2) is 7.14. The van der Waals surface area contributed by atoms with E-state index in [2.05, 4.69) is 9.82 Å². The Morgan fingerprint density at radius 2 is 2.09 bits per heavy atom. The van der Waals surface area contributed by atoms with Crippen LogP contribution < -0.4 is 4.72 Å². The lowest BCUT2D eigenvalue weighted by Gasteiger charge is -2.22. The van der Waals surface area contributed by atoms with Gasteiger partial charge in [-0.25, -0.2) is 8.42 Å². The molecule has 1 aromatic carbocycles. The summed E-state index contributed by atoms with van der Waals surface area (Å²) in [6.07, 6.45) is 6.71. The van der Waals surface area contributed by atoms with Crippen LogP contribution in [0.15, 0.2) is 42.7 Å². The second-order valence-electron chi connectivity index (χ2n) is 5.79. The number of hydrogen-bond acceptors (Lipinski definition) is 4. The molecule has 0 spiro atoms. The van der Waals surface area contributed by atoms with E-state index in [0.717, 1.165) is 25.0 Å². The number of rotatable bonds is 6. The second-order valence-corrected chi connectivity index (χ2v) is 7.51. The average molecular weight is 335 g/mol. The molecule has 124 valence electrons. The SMILES string of the molecule is O=S(=O)(Cc1ccccc1)Nc1cnn(CC2CCCCO2)c1. The van der Waals surface area contributed by atoms with Crippen LogP contribution in [0.2, 0.25) is 0 Å². The van der Waals surface area contributed by atoms with E-state index in [1.807, 2.05) is 18.2 Å². The van der Waals surface area contributed by atoms with Crippen molar-refractivity contribution in [2.75, 3.05) is 11.3 Å². The van der Waals surface area contributed by atoms with Gasteiger partial charge in [-0.2, -0.15) is 5.10 Å². The van der Waals surface area contributed by atoms with Crippen molar-refractivity contribution in [2.24, 2.45) is 0 Å². The van der Waals surface area contributed by atoms with Crippen molar-refractivity contribution in [3.63, 3.8) is 0 Å². The van der Waals surface area contributed by atoms with Crippen molar-refractivity contribution in [2.45, 2.75) is 37.7 Å². The lowest BCUT2D eigenvalue weighted by Crippen LogP contribution is -2.24. The minimum atomic E-state index is -3.44. The first kappa shape index (κ1) is 16.0. The largest absolute Gasteiger partial charge is 0.376 e. The van der Waals surface area contributed by atoms with E-state index in [1.165, 1.54) is 12.6 Å². The summed E-state index contributed by atoms with van der Waals surface area (Å²) in [7, 11) is -3.44. The van der Waals surface area contributed by atoms with Crippen LogP contribution in [0.25, 0.3) is 0 Å². The molecular weight excluding hydrogens is 314 g/mol. The molecule has 0 saturated carbocycles. The van der Waals surface area contributed by atoms with E-state index in [4.69, 9.17) is 4.74 Å². The highest BCUT2D eigenvalue weighted by atomic mass is 32.2. The van der Waals surface area contributed by atoms with Gasteiger partial charge >= 0.3 is 0 Å². The Kier molecular flexibility index (Phi) is 4.97. The van der Waals surface area contributed by atoms with Crippen LogP contribution in [-0.2, 0) is 27.1 Å². The lowest BCUT2D eigenvalue weighted by atomic mass is 10.1. The van der Waals surface area contributed by atoms with Gasteiger partial charge in [-0.1, -0.05) is 30.3 Å². The van der Waals surface area contributed by atoms with Crippen LogP contribution in [0.4, 0.5) is 5.69 Å². The molecule has 0 amide bonds. The maximum Gasteiger partial charge on any atom is 0.237 e. The molecule has 1 saturated heterocycles. The molecule has 0 radical (unpaired) electrons. The summed E-state index contributed by atoms with van der Waals surface area (Å²) < 4.78 is 34.4. The van der Waals surface area contributed by atoms with Crippen LogP contribution in [0.5, 0.6) is 0 Å². The van der Waals surface area contributed by atoms with Crippen LogP contribution in [0.3, 0.4) is 0 Å². The van der Waals surface area contributed by atoms with Gasteiger partial charge in [-0.05, 0) is 24.8 Å². The molecule has 1 unspecified atom stereocenters. The van der Waals surface area contributed by atoms with Crippen molar-refractivity contribution in [1.29, 1.82) is 0 Å². The number of hydrogen-bond donors (Lipinski definition) is 1. The average Bonchev–Trinajstić information content (AvgIpc) is 2.95. The highest BCUT2D eigenvalue weighted by molar-refractivity contribution is 7.91. The molecule has 0 aliphatic carbocycles. The van der Waals surface area contributed by atoms with Crippen molar-refractivity contribution >= 4 is 15.7 Å². The van der Waals surface area contributed by atoms with Gasteiger partial charge in [0.15, 0.2) is 0 Å². The molecule has 1 fully saturated rings. The number of benzene rings is 1. The number of ether oxygens (including phenoxy) is 1. The molecule has 7 heteroatoms. The quantitative estimate of drug-likeness (QED) is 0.880. The molecule has 6 nitrogen and oxygen atoms in total. The fraction of sp³-hybridized carbons (Fsp3) is 0.438. The smallest absolute Gasteiger partial charge is 0.237 e. The van der Waals surface area contributed by atoms with Crippen LogP contribution in [-0.4, -0.2) is 30.9 Å². The standard InChI is InChI=1S/C16H21N3O3S/c20-23(21,13-14-6-2-1-3-7-14)18-15-10-17-19(11-15)12-16-8-4-5-9-22-16/h1-3,6-7,10-11,16,18H,4-5,8-9,12-13H2. The van der Waals surface area contributed by atoms with Crippen LogP contribution >= 0.6 is 0 Å². The van der Waals surface area contributed by atoms with Gasteiger partial charge in [-0.3, -0.25) is 9.40 Å². The third-order valence-electron chi connectivity index (χ3n) is 3.77. The lowest BCUT2D eigenvalue weighted by molar-refractivity contribution is 0.00401. The van der Waals surface area contributed by atoms with E-state index in [1.54, 1.807) is 23.0 Å². The number of nitrogens with zero attached hydrogens (tertiary/aromatic N) is 2. The van der Waals surface area contributed by atoms with Crippen LogP contribution in [0.1, 0.15) is 24.8 Å². The normalized spacial score (nSPS) is 18.7. The first-order chi connectivity index (χ1) is 11.1. The maximum absolute atomic E-state index is 12.2. The molecule has 0 bridgehead atoms. The van der Waals surface area contributed by atoms with Gasteiger partial charge in [0, 0.05) is 12.8 Å².